The Morgan fingerprint density at radius 2 is 1.91 bits per heavy atom. The lowest BCUT2D eigenvalue weighted by Crippen LogP contribution is -2.40. The van der Waals surface area contributed by atoms with Gasteiger partial charge in [0.15, 0.2) is 0 Å². The second kappa shape index (κ2) is 8.17. The fourth-order valence-electron chi connectivity index (χ4n) is 3.58. The molecule has 10 nitrogen and oxygen atoms in total. The molecule has 0 fully saturated rings. The molecule has 0 atom stereocenters. The summed E-state index contributed by atoms with van der Waals surface area (Å²) in [6, 6.07) is 8.01. The van der Waals surface area contributed by atoms with Crippen LogP contribution in [0.1, 0.15) is 16.7 Å². The monoisotopic (exact) mass is 475 g/mol. The number of aromatic nitrogens is 5. The topological polar surface area (TPSA) is 121 Å². The van der Waals surface area contributed by atoms with E-state index in [0.717, 1.165) is 22.9 Å². The van der Waals surface area contributed by atoms with Gasteiger partial charge in [-0.15, -0.1) is 5.10 Å². The van der Waals surface area contributed by atoms with Gasteiger partial charge in [0, 0.05) is 7.05 Å². The summed E-state index contributed by atoms with van der Waals surface area (Å²) in [7, 11) is 1.66. The van der Waals surface area contributed by atoms with Crippen LogP contribution in [0.25, 0.3) is 16.7 Å². The SMILES string of the molecule is Cc1c(Cn2c(=O)c(OC(=O)O)cn(-c3ccc4c(c3)nnn4C)c2=O)cccc1C(F)(F)F. The van der Waals surface area contributed by atoms with E-state index in [2.05, 4.69) is 15.0 Å². The van der Waals surface area contributed by atoms with Gasteiger partial charge >= 0.3 is 18.0 Å². The molecule has 2 heterocycles. The number of carbonyl (C=O) groups is 1. The highest BCUT2D eigenvalue weighted by Gasteiger charge is 2.33. The van der Waals surface area contributed by atoms with Crippen LogP contribution in [0, 0.1) is 6.92 Å². The molecule has 13 heteroatoms. The van der Waals surface area contributed by atoms with E-state index < -0.39 is 41.4 Å². The van der Waals surface area contributed by atoms with Crippen molar-refractivity contribution in [1.82, 2.24) is 24.1 Å². The predicted octanol–water partition coefficient (Wildman–Crippen LogP) is 2.71. The van der Waals surface area contributed by atoms with Gasteiger partial charge in [0.1, 0.15) is 5.52 Å². The number of nitrogens with zero attached hydrogens (tertiary/aromatic N) is 5. The van der Waals surface area contributed by atoms with Crippen LogP contribution in [0.2, 0.25) is 0 Å². The molecule has 1 N–H and O–H groups in total. The molecule has 0 spiro atoms. The average molecular weight is 475 g/mol. The van der Waals surface area contributed by atoms with Gasteiger partial charge in [0.05, 0.1) is 29.5 Å². The number of rotatable bonds is 4. The number of fused-ring (bicyclic) bond motifs is 1. The molecule has 0 saturated heterocycles. The third-order valence-corrected chi connectivity index (χ3v) is 5.29. The van der Waals surface area contributed by atoms with E-state index in [1.165, 1.54) is 29.8 Å². The summed E-state index contributed by atoms with van der Waals surface area (Å²) in [4.78, 5) is 37.2. The smallest absolute Gasteiger partial charge is 0.449 e. The molecule has 0 aliphatic carbocycles. The van der Waals surface area contributed by atoms with E-state index in [1.807, 2.05) is 0 Å². The number of hydrogen-bond donors (Lipinski definition) is 1. The molecule has 0 amide bonds. The molecule has 34 heavy (non-hydrogen) atoms. The first-order chi connectivity index (χ1) is 16.0. The van der Waals surface area contributed by atoms with E-state index in [-0.39, 0.29) is 16.8 Å². The number of alkyl halides is 3. The van der Waals surface area contributed by atoms with Crippen molar-refractivity contribution in [3.8, 4) is 11.4 Å². The number of aryl methyl sites for hydroxylation is 1. The fraction of sp³-hybridized carbons (Fsp3) is 0.190. The maximum Gasteiger partial charge on any atom is 0.511 e. The summed E-state index contributed by atoms with van der Waals surface area (Å²) in [5.74, 6) is -0.698. The second-order valence-electron chi connectivity index (χ2n) is 7.38. The predicted molar refractivity (Wildman–Crippen MR) is 112 cm³/mol. The Morgan fingerprint density at radius 3 is 2.59 bits per heavy atom. The van der Waals surface area contributed by atoms with Crippen LogP contribution in [0.3, 0.4) is 0 Å². The first kappa shape index (κ1) is 22.8. The summed E-state index contributed by atoms with van der Waals surface area (Å²) in [5, 5.41) is 16.8. The van der Waals surface area contributed by atoms with Crippen molar-refractivity contribution < 1.29 is 27.8 Å². The van der Waals surface area contributed by atoms with E-state index in [0.29, 0.717) is 15.6 Å². The zero-order valence-electron chi connectivity index (χ0n) is 17.7. The lowest BCUT2D eigenvalue weighted by atomic mass is 10.0. The first-order valence-corrected chi connectivity index (χ1v) is 9.70. The van der Waals surface area contributed by atoms with Gasteiger partial charge < -0.3 is 9.84 Å². The molecule has 0 bridgehead atoms. The van der Waals surface area contributed by atoms with Crippen LogP contribution < -0.4 is 16.0 Å². The minimum atomic E-state index is -4.63. The Morgan fingerprint density at radius 1 is 1.18 bits per heavy atom. The Labute approximate surface area is 188 Å². The molecular formula is C21H16F3N5O5. The van der Waals surface area contributed by atoms with Crippen molar-refractivity contribution in [1.29, 1.82) is 0 Å². The second-order valence-corrected chi connectivity index (χ2v) is 7.38. The molecule has 2 aromatic heterocycles. The van der Waals surface area contributed by atoms with Crippen molar-refractivity contribution in [3.63, 3.8) is 0 Å². The highest BCUT2D eigenvalue weighted by molar-refractivity contribution is 5.76. The van der Waals surface area contributed by atoms with Crippen molar-refractivity contribution in [2.45, 2.75) is 19.6 Å². The number of halogens is 3. The molecular weight excluding hydrogens is 459 g/mol. The maximum absolute atomic E-state index is 13.3. The Balaban J connectivity index is 1.91. The van der Waals surface area contributed by atoms with Gasteiger partial charge in [-0.3, -0.25) is 13.9 Å². The number of ether oxygens (including phenoxy) is 1. The highest BCUT2D eigenvalue weighted by atomic mass is 19.4. The molecule has 0 saturated carbocycles. The van der Waals surface area contributed by atoms with Gasteiger partial charge in [0.2, 0.25) is 5.75 Å². The minimum Gasteiger partial charge on any atom is -0.449 e. The Hall–Kier alpha value is -4.42. The van der Waals surface area contributed by atoms with Crippen molar-refractivity contribution in [2.75, 3.05) is 0 Å². The van der Waals surface area contributed by atoms with Gasteiger partial charge in [-0.2, -0.15) is 13.2 Å². The maximum atomic E-state index is 13.3. The quantitative estimate of drug-likeness (QED) is 0.451. The zero-order chi connectivity index (χ0) is 24.8. The summed E-state index contributed by atoms with van der Waals surface area (Å²) in [6.07, 6.45) is -5.52. The van der Waals surface area contributed by atoms with E-state index in [4.69, 9.17) is 5.11 Å². The van der Waals surface area contributed by atoms with Gasteiger partial charge in [-0.05, 0) is 42.3 Å². The first-order valence-electron chi connectivity index (χ1n) is 9.70. The standard InChI is InChI=1S/C21H16F3N5O5/c1-11-12(4-3-5-14(11)21(22,23)24)9-29-18(30)17(34-20(32)33)10-28(19(29)31)13-6-7-16-15(8-13)25-26-27(16)2/h3-8,10H,9H2,1-2H3,(H,32,33). The van der Waals surface area contributed by atoms with Crippen molar-refractivity contribution in [2.24, 2.45) is 7.05 Å². The average Bonchev–Trinajstić information content (AvgIpc) is 3.13. The van der Waals surface area contributed by atoms with Crippen molar-refractivity contribution >= 4 is 17.2 Å². The van der Waals surface area contributed by atoms with E-state index >= 15 is 0 Å². The molecule has 0 aliphatic heterocycles. The van der Waals surface area contributed by atoms with Crippen LogP contribution in [0.15, 0.2) is 52.2 Å². The summed E-state index contributed by atoms with van der Waals surface area (Å²) >= 11 is 0. The van der Waals surface area contributed by atoms with Crippen LogP contribution in [-0.4, -0.2) is 35.4 Å². The summed E-state index contributed by atoms with van der Waals surface area (Å²) in [5.41, 5.74) is -1.78. The largest absolute Gasteiger partial charge is 0.511 e. The normalized spacial score (nSPS) is 11.7. The lowest BCUT2D eigenvalue weighted by Gasteiger charge is -2.16. The van der Waals surface area contributed by atoms with Crippen LogP contribution in [-0.2, 0) is 19.8 Å². The number of carboxylic acid groups (broad SMARTS) is 1. The molecule has 4 aromatic rings. The van der Waals surface area contributed by atoms with E-state index in [1.54, 1.807) is 13.1 Å². The number of hydrogen-bond acceptors (Lipinski definition) is 6. The zero-order valence-corrected chi connectivity index (χ0v) is 17.7. The molecule has 0 unspecified atom stereocenters. The molecule has 4 rings (SSSR count). The molecule has 176 valence electrons. The van der Waals surface area contributed by atoms with Crippen molar-refractivity contribution in [3.05, 3.63) is 80.1 Å². The third-order valence-electron chi connectivity index (χ3n) is 5.29. The lowest BCUT2D eigenvalue weighted by molar-refractivity contribution is -0.138. The van der Waals surface area contributed by atoms with Crippen LogP contribution in [0.5, 0.6) is 5.75 Å². The molecule has 0 aliphatic rings. The minimum absolute atomic E-state index is 0.0532. The van der Waals surface area contributed by atoms with Crippen LogP contribution in [0.4, 0.5) is 18.0 Å². The third kappa shape index (κ3) is 4.02. The van der Waals surface area contributed by atoms with Gasteiger partial charge in [0.25, 0.3) is 5.56 Å². The molecule has 2 aromatic carbocycles. The fourth-order valence-corrected chi connectivity index (χ4v) is 3.58. The van der Waals surface area contributed by atoms with Gasteiger partial charge in [-0.1, -0.05) is 17.3 Å². The van der Waals surface area contributed by atoms with E-state index in [9.17, 15) is 27.6 Å². The van der Waals surface area contributed by atoms with Crippen LogP contribution >= 0.6 is 0 Å². The Kier molecular flexibility index (Phi) is 5.47. The Bertz CT molecular complexity index is 1550. The highest BCUT2D eigenvalue weighted by Crippen LogP contribution is 2.33. The van der Waals surface area contributed by atoms with Gasteiger partial charge in [-0.25, -0.2) is 14.3 Å². The number of benzene rings is 2. The summed E-state index contributed by atoms with van der Waals surface area (Å²) < 4.78 is 47.6. The molecule has 0 radical (unpaired) electrons. The summed E-state index contributed by atoms with van der Waals surface area (Å²) in [6.45, 7) is 0.680.